The van der Waals surface area contributed by atoms with Gasteiger partial charge in [0.1, 0.15) is 5.75 Å². The number of hydrogen-bond acceptors (Lipinski definition) is 4. The van der Waals surface area contributed by atoms with Gasteiger partial charge in [0.05, 0.1) is 18.7 Å². The molecule has 1 aromatic rings. The number of amides is 4. The zero-order valence-corrected chi connectivity index (χ0v) is 16.7. The molecule has 1 atom stereocenters. The summed E-state index contributed by atoms with van der Waals surface area (Å²) in [4.78, 5) is 42.0. The number of carbonyl (C=O) groups excluding carboxylic acids is 3. The van der Waals surface area contributed by atoms with Gasteiger partial charge in [-0.05, 0) is 37.5 Å². The van der Waals surface area contributed by atoms with Crippen LogP contribution in [-0.4, -0.2) is 68.5 Å². The third kappa shape index (κ3) is 4.21. The Morgan fingerprint density at radius 2 is 2.00 bits per heavy atom. The molecule has 2 heterocycles. The SMILES string of the molecule is COc1ccc(NC(=O)[C@@H]2CCCN(C(=O)N(C)C)C2)cc1N1CCCC1=O. The van der Waals surface area contributed by atoms with E-state index >= 15 is 0 Å². The molecule has 8 nitrogen and oxygen atoms in total. The van der Waals surface area contributed by atoms with Crippen LogP contribution in [0.2, 0.25) is 0 Å². The zero-order chi connectivity index (χ0) is 20.3. The minimum absolute atomic E-state index is 0.0619. The molecule has 152 valence electrons. The smallest absolute Gasteiger partial charge is 0.319 e. The first kappa shape index (κ1) is 20.0. The summed E-state index contributed by atoms with van der Waals surface area (Å²) in [5.74, 6) is 0.303. The first-order valence-electron chi connectivity index (χ1n) is 9.66. The van der Waals surface area contributed by atoms with Crippen molar-refractivity contribution in [3.8, 4) is 5.75 Å². The van der Waals surface area contributed by atoms with Crippen molar-refractivity contribution in [2.45, 2.75) is 25.7 Å². The number of ether oxygens (including phenoxy) is 1. The van der Waals surface area contributed by atoms with E-state index in [-0.39, 0.29) is 23.8 Å². The van der Waals surface area contributed by atoms with Gasteiger partial charge in [-0.25, -0.2) is 4.79 Å². The summed E-state index contributed by atoms with van der Waals surface area (Å²) in [6.45, 7) is 1.73. The van der Waals surface area contributed by atoms with E-state index in [1.807, 2.05) is 0 Å². The average molecular weight is 388 g/mol. The molecule has 0 aromatic heterocycles. The standard InChI is InChI=1S/C20H28N4O4/c1-22(2)20(27)23-10-4-6-14(13-23)19(26)21-15-8-9-17(28-3)16(12-15)24-11-5-7-18(24)25/h8-9,12,14H,4-7,10-11,13H2,1-3H3,(H,21,26)/t14-/m1/s1. The van der Waals surface area contributed by atoms with Gasteiger partial charge in [-0.2, -0.15) is 0 Å². The minimum Gasteiger partial charge on any atom is -0.495 e. The summed E-state index contributed by atoms with van der Waals surface area (Å²) in [5, 5.41) is 2.95. The van der Waals surface area contributed by atoms with Crippen LogP contribution in [0.3, 0.4) is 0 Å². The number of methoxy groups -OCH3 is 1. The average Bonchev–Trinajstić information content (AvgIpc) is 3.13. The third-order valence-corrected chi connectivity index (χ3v) is 5.26. The quantitative estimate of drug-likeness (QED) is 0.857. The first-order valence-corrected chi connectivity index (χ1v) is 9.66. The maximum absolute atomic E-state index is 12.8. The molecule has 2 saturated heterocycles. The van der Waals surface area contributed by atoms with Crippen molar-refractivity contribution in [1.82, 2.24) is 9.80 Å². The van der Waals surface area contributed by atoms with Crippen LogP contribution in [0.4, 0.5) is 16.2 Å². The lowest BCUT2D eigenvalue weighted by Crippen LogP contribution is -2.47. The molecule has 28 heavy (non-hydrogen) atoms. The van der Waals surface area contributed by atoms with Crippen molar-refractivity contribution in [3.63, 3.8) is 0 Å². The number of nitrogens with zero attached hydrogens (tertiary/aromatic N) is 3. The Labute approximate surface area is 165 Å². The Kier molecular flexibility index (Phi) is 6.06. The summed E-state index contributed by atoms with van der Waals surface area (Å²) < 4.78 is 5.39. The first-order chi connectivity index (χ1) is 13.4. The maximum atomic E-state index is 12.8. The van der Waals surface area contributed by atoms with Crippen LogP contribution in [-0.2, 0) is 9.59 Å². The summed E-state index contributed by atoms with van der Waals surface area (Å²) in [6.07, 6.45) is 2.89. The Bertz CT molecular complexity index is 765. The number of carbonyl (C=O) groups is 3. The molecule has 3 rings (SSSR count). The monoisotopic (exact) mass is 388 g/mol. The van der Waals surface area contributed by atoms with Crippen LogP contribution >= 0.6 is 0 Å². The van der Waals surface area contributed by atoms with Crippen molar-refractivity contribution >= 4 is 29.2 Å². The Balaban J connectivity index is 1.71. The Morgan fingerprint density at radius 1 is 1.21 bits per heavy atom. The van der Waals surface area contributed by atoms with E-state index in [0.717, 1.165) is 19.3 Å². The lowest BCUT2D eigenvalue weighted by Gasteiger charge is -2.33. The zero-order valence-electron chi connectivity index (χ0n) is 16.7. The predicted octanol–water partition coefficient (Wildman–Crippen LogP) is 2.15. The lowest BCUT2D eigenvalue weighted by atomic mass is 9.97. The van der Waals surface area contributed by atoms with Crippen molar-refractivity contribution in [2.75, 3.05) is 51.1 Å². The molecule has 0 spiro atoms. The predicted molar refractivity (Wildman–Crippen MR) is 107 cm³/mol. The van der Waals surface area contributed by atoms with Gasteiger partial charge in [0.25, 0.3) is 0 Å². The molecule has 0 saturated carbocycles. The third-order valence-electron chi connectivity index (χ3n) is 5.26. The molecule has 2 fully saturated rings. The van der Waals surface area contributed by atoms with Gasteiger partial charge in [-0.3, -0.25) is 9.59 Å². The second-order valence-corrected chi connectivity index (χ2v) is 7.49. The number of urea groups is 1. The van der Waals surface area contributed by atoms with E-state index < -0.39 is 0 Å². The Morgan fingerprint density at radius 3 is 2.64 bits per heavy atom. The fourth-order valence-corrected chi connectivity index (χ4v) is 3.77. The van der Waals surface area contributed by atoms with E-state index in [1.54, 1.807) is 49.2 Å². The van der Waals surface area contributed by atoms with Crippen molar-refractivity contribution in [2.24, 2.45) is 5.92 Å². The summed E-state index contributed by atoms with van der Waals surface area (Å²) in [5.41, 5.74) is 1.30. The fourth-order valence-electron chi connectivity index (χ4n) is 3.77. The largest absolute Gasteiger partial charge is 0.495 e. The number of benzene rings is 1. The number of hydrogen-bond donors (Lipinski definition) is 1. The molecule has 8 heteroatoms. The molecule has 4 amide bonds. The van der Waals surface area contributed by atoms with Crippen molar-refractivity contribution < 1.29 is 19.1 Å². The molecule has 1 N–H and O–H groups in total. The van der Waals surface area contributed by atoms with E-state index in [2.05, 4.69) is 5.32 Å². The van der Waals surface area contributed by atoms with Gasteiger partial charge in [0.15, 0.2) is 0 Å². The van der Waals surface area contributed by atoms with Gasteiger partial charge < -0.3 is 24.8 Å². The summed E-state index contributed by atoms with van der Waals surface area (Å²) in [6, 6.07) is 5.24. The van der Waals surface area contributed by atoms with Crippen LogP contribution in [0.5, 0.6) is 5.75 Å². The molecule has 0 bridgehead atoms. The highest BCUT2D eigenvalue weighted by molar-refractivity contribution is 5.99. The number of likely N-dealkylation sites (tertiary alicyclic amines) is 1. The highest BCUT2D eigenvalue weighted by Gasteiger charge is 2.30. The van der Waals surface area contributed by atoms with Crippen LogP contribution in [0, 0.1) is 5.92 Å². The Hall–Kier alpha value is -2.77. The number of rotatable bonds is 4. The van der Waals surface area contributed by atoms with E-state index in [4.69, 9.17) is 4.74 Å². The highest BCUT2D eigenvalue weighted by atomic mass is 16.5. The van der Waals surface area contributed by atoms with Crippen LogP contribution in [0.1, 0.15) is 25.7 Å². The van der Waals surface area contributed by atoms with Crippen LogP contribution in [0.25, 0.3) is 0 Å². The number of nitrogens with one attached hydrogen (secondary N) is 1. The topological polar surface area (TPSA) is 82.2 Å². The molecular formula is C20H28N4O4. The molecule has 0 unspecified atom stereocenters. The second-order valence-electron chi connectivity index (χ2n) is 7.49. The molecular weight excluding hydrogens is 360 g/mol. The second kappa shape index (κ2) is 8.50. The van der Waals surface area contributed by atoms with Crippen LogP contribution < -0.4 is 15.0 Å². The van der Waals surface area contributed by atoms with E-state index in [1.165, 1.54) is 4.90 Å². The van der Waals surface area contributed by atoms with Crippen molar-refractivity contribution in [3.05, 3.63) is 18.2 Å². The van der Waals surface area contributed by atoms with Gasteiger partial charge in [-0.1, -0.05) is 0 Å². The highest BCUT2D eigenvalue weighted by Crippen LogP contribution is 2.34. The molecule has 2 aliphatic heterocycles. The fraction of sp³-hybridized carbons (Fsp3) is 0.550. The normalized spacial score (nSPS) is 19.5. The molecule has 2 aliphatic rings. The van der Waals surface area contributed by atoms with Gasteiger partial charge in [0.2, 0.25) is 11.8 Å². The minimum atomic E-state index is -0.253. The number of anilines is 2. The number of piperidine rings is 1. The molecule has 0 aliphatic carbocycles. The van der Waals surface area contributed by atoms with E-state index in [0.29, 0.717) is 43.2 Å². The van der Waals surface area contributed by atoms with Gasteiger partial charge in [0, 0.05) is 45.8 Å². The molecule has 1 aromatic carbocycles. The van der Waals surface area contributed by atoms with E-state index in [9.17, 15) is 14.4 Å². The summed E-state index contributed by atoms with van der Waals surface area (Å²) >= 11 is 0. The molecule has 0 radical (unpaired) electrons. The summed E-state index contributed by atoms with van der Waals surface area (Å²) in [7, 11) is 4.99. The lowest BCUT2D eigenvalue weighted by molar-refractivity contribution is -0.121. The van der Waals surface area contributed by atoms with Crippen LogP contribution in [0.15, 0.2) is 18.2 Å². The van der Waals surface area contributed by atoms with Crippen molar-refractivity contribution in [1.29, 1.82) is 0 Å². The van der Waals surface area contributed by atoms with Gasteiger partial charge >= 0.3 is 6.03 Å². The maximum Gasteiger partial charge on any atom is 0.319 e. The van der Waals surface area contributed by atoms with Gasteiger partial charge in [-0.15, -0.1) is 0 Å².